The summed E-state index contributed by atoms with van der Waals surface area (Å²) in [5.41, 5.74) is 7.98. The summed E-state index contributed by atoms with van der Waals surface area (Å²) in [6, 6.07) is 30.6. The molecule has 0 spiro atoms. The van der Waals surface area contributed by atoms with E-state index in [0.29, 0.717) is 5.92 Å². The first-order chi connectivity index (χ1) is 12.2. The van der Waals surface area contributed by atoms with Crippen LogP contribution in [0, 0.1) is 0 Å². The number of benzene rings is 3. The van der Waals surface area contributed by atoms with Crippen molar-refractivity contribution in [2.24, 2.45) is 0 Å². The van der Waals surface area contributed by atoms with Crippen molar-refractivity contribution in [2.75, 3.05) is 0 Å². The van der Waals surface area contributed by atoms with Crippen LogP contribution in [0.1, 0.15) is 55.4 Å². The van der Waals surface area contributed by atoms with Crippen LogP contribution in [0.25, 0.3) is 11.1 Å². The molecule has 0 aliphatic rings. The maximum atomic E-state index is 2.27. The molecule has 0 heteroatoms. The molecular formula is C25H26. The second-order valence-electron chi connectivity index (χ2n) is 6.72. The molecule has 0 radical (unpaired) electrons. The molecule has 0 nitrogen and oxygen atoms in total. The average molecular weight is 326 g/mol. The highest BCUT2D eigenvalue weighted by Gasteiger charge is 2.13. The van der Waals surface area contributed by atoms with E-state index in [1.54, 1.807) is 0 Å². The van der Waals surface area contributed by atoms with Gasteiger partial charge in [-0.15, -0.1) is 0 Å². The molecule has 0 amide bonds. The van der Waals surface area contributed by atoms with Gasteiger partial charge in [0, 0.05) is 0 Å². The van der Waals surface area contributed by atoms with Gasteiger partial charge in [0.25, 0.3) is 0 Å². The van der Waals surface area contributed by atoms with Crippen LogP contribution in [-0.4, -0.2) is 0 Å². The van der Waals surface area contributed by atoms with Crippen molar-refractivity contribution < 1.29 is 0 Å². The van der Waals surface area contributed by atoms with Crippen molar-refractivity contribution in [3.8, 4) is 0 Å². The van der Waals surface area contributed by atoms with E-state index < -0.39 is 0 Å². The Labute approximate surface area is 151 Å². The fourth-order valence-electron chi connectivity index (χ4n) is 3.32. The van der Waals surface area contributed by atoms with Crippen molar-refractivity contribution in [2.45, 2.75) is 33.1 Å². The molecule has 3 rings (SSSR count). The molecule has 25 heavy (non-hydrogen) atoms. The lowest BCUT2D eigenvalue weighted by atomic mass is 9.87. The quantitative estimate of drug-likeness (QED) is 0.436. The average Bonchev–Trinajstić information content (AvgIpc) is 2.67. The maximum Gasteiger partial charge on any atom is -0.00735 e. The molecule has 3 aromatic rings. The van der Waals surface area contributed by atoms with Gasteiger partial charge in [-0.3, -0.25) is 0 Å². The lowest BCUT2D eigenvalue weighted by molar-refractivity contribution is 0.866. The second kappa shape index (κ2) is 7.98. The molecule has 0 aliphatic carbocycles. The van der Waals surface area contributed by atoms with Crippen molar-refractivity contribution >= 4 is 11.1 Å². The van der Waals surface area contributed by atoms with Crippen molar-refractivity contribution in [3.63, 3.8) is 0 Å². The summed E-state index contributed by atoms with van der Waals surface area (Å²) in [4.78, 5) is 0. The normalized spacial score (nSPS) is 12.2. The largest absolute Gasteiger partial charge is 0.0622 e. The Bertz CT molecular complexity index is 822. The zero-order valence-electron chi connectivity index (χ0n) is 15.4. The predicted molar refractivity (Wildman–Crippen MR) is 110 cm³/mol. The summed E-state index contributed by atoms with van der Waals surface area (Å²) in [6.45, 7) is 6.72. The standard InChI is InChI=1S/C25H26/c1-4-24(21-11-7-5-8-12-21)25(22-13-9-6-10-14-22)23-17-15-20(16-18-23)19(2)3/h5-19H,4H2,1-3H3. The van der Waals surface area contributed by atoms with Crippen LogP contribution in [0.4, 0.5) is 0 Å². The monoisotopic (exact) mass is 326 g/mol. The lowest BCUT2D eigenvalue weighted by Crippen LogP contribution is -1.96. The summed E-state index contributed by atoms with van der Waals surface area (Å²) < 4.78 is 0. The molecular weight excluding hydrogens is 300 g/mol. The van der Waals surface area contributed by atoms with Crippen LogP contribution < -0.4 is 0 Å². The van der Waals surface area contributed by atoms with Gasteiger partial charge in [0.1, 0.15) is 0 Å². The molecule has 0 atom stereocenters. The Balaban J connectivity index is 2.21. The number of rotatable bonds is 5. The third kappa shape index (κ3) is 3.91. The minimum atomic E-state index is 0.554. The highest BCUT2D eigenvalue weighted by Crippen LogP contribution is 2.34. The Morgan fingerprint density at radius 1 is 0.640 bits per heavy atom. The van der Waals surface area contributed by atoms with Crippen molar-refractivity contribution in [1.29, 1.82) is 0 Å². The van der Waals surface area contributed by atoms with Gasteiger partial charge < -0.3 is 0 Å². The van der Waals surface area contributed by atoms with E-state index in [2.05, 4.69) is 106 Å². The molecule has 0 N–H and O–H groups in total. The summed E-state index contributed by atoms with van der Waals surface area (Å²) in [7, 11) is 0. The van der Waals surface area contributed by atoms with E-state index >= 15 is 0 Å². The highest BCUT2D eigenvalue weighted by molar-refractivity contribution is 5.98. The molecule has 0 bridgehead atoms. The molecule has 0 unspecified atom stereocenters. The lowest BCUT2D eigenvalue weighted by Gasteiger charge is -2.17. The summed E-state index contributed by atoms with van der Waals surface area (Å²) >= 11 is 0. The second-order valence-corrected chi connectivity index (χ2v) is 6.72. The Kier molecular flexibility index (Phi) is 5.50. The van der Waals surface area contributed by atoms with E-state index in [4.69, 9.17) is 0 Å². The smallest absolute Gasteiger partial charge is 0.00735 e. The van der Waals surface area contributed by atoms with E-state index in [-0.39, 0.29) is 0 Å². The summed E-state index contributed by atoms with van der Waals surface area (Å²) in [5, 5.41) is 0. The summed E-state index contributed by atoms with van der Waals surface area (Å²) in [5.74, 6) is 0.554. The third-order valence-electron chi connectivity index (χ3n) is 4.71. The van der Waals surface area contributed by atoms with E-state index in [0.717, 1.165) is 6.42 Å². The van der Waals surface area contributed by atoms with Crippen LogP contribution in [0.3, 0.4) is 0 Å². The molecule has 0 aromatic heterocycles. The SMILES string of the molecule is CCC(=C(c1ccccc1)c1ccc(C(C)C)cc1)c1ccccc1. The van der Waals surface area contributed by atoms with Crippen LogP contribution in [0.2, 0.25) is 0 Å². The zero-order chi connectivity index (χ0) is 17.6. The molecule has 0 heterocycles. The molecule has 0 aliphatic heterocycles. The van der Waals surface area contributed by atoms with Gasteiger partial charge in [-0.2, -0.15) is 0 Å². The number of allylic oxidation sites excluding steroid dienone is 1. The fraction of sp³-hybridized carbons (Fsp3) is 0.200. The van der Waals surface area contributed by atoms with E-state index in [9.17, 15) is 0 Å². The molecule has 3 aromatic carbocycles. The Hall–Kier alpha value is -2.60. The number of hydrogen-bond acceptors (Lipinski definition) is 0. The van der Waals surface area contributed by atoms with Crippen molar-refractivity contribution in [1.82, 2.24) is 0 Å². The predicted octanol–water partition coefficient (Wildman–Crippen LogP) is 7.18. The van der Waals surface area contributed by atoms with Crippen LogP contribution in [0.5, 0.6) is 0 Å². The molecule has 126 valence electrons. The zero-order valence-corrected chi connectivity index (χ0v) is 15.4. The van der Waals surface area contributed by atoms with Crippen LogP contribution in [0.15, 0.2) is 84.9 Å². The minimum Gasteiger partial charge on any atom is -0.0622 e. The Morgan fingerprint density at radius 3 is 1.60 bits per heavy atom. The van der Waals surface area contributed by atoms with Crippen molar-refractivity contribution in [3.05, 3.63) is 107 Å². The first kappa shape index (κ1) is 17.2. The van der Waals surface area contributed by atoms with Gasteiger partial charge in [-0.25, -0.2) is 0 Å². The first-order valence-electron chi connectivity index (χ1n) is 9.15. The van der Waals surface area contributed by atoms with Crippen LogP contribution in [-0.2, 0) is 0 Å². The topological polar surface area (TPSA) is 0 Å². The fourth-order valence-corrected chi connectivity index (χ4v) is 3.32. The number of hydrogen-bond donors (Lipinski definition) is 0. The highest BCUT2D eigenvalue weighted by atomic mass is 14.2. The van der Waals surface area contributed by atoms with Gasteiger partial charge in [-0.1, -0.05) is 106 Å². The first-order valence-corrected chi connectivity index (χ1v) is 9.15. The maximum absolute atomic E-state index is 2.27. The minimum absolute atomic E-state index is 0.554. The van der Waals surface area contributed by atoms with Gasteiger partial charge >= 0.3 is 0 Å². The van der Waals surface area contributed by atoms with Gasteiger partial charge in [-0.05, 0) is 45.7 Å². The third-order valence-corrected chi connectivity index (χ3v) is 4.71. The summed E-state index contributed by atoms with van der Waals surface area (Å²) in [6.07, 6.45) is 1.00. The van der Waals surface area contributed by atoms with Gasteiger partial charge in [0.05, 0.1) is 0 Å². The van der Waals surface area contributed by atoms with Gasteiger partial charge in [0.15, 0.2) is 0 Å². The van der Waals surface area contributed by atoms with E-state index in [1.807, 2.05) is 0 Å². The molecule has 0 saturated carbocycles. The Morgan fingerprint density at radius 2 is 1.12 bits per heavy atom. The molecule has 0 fully saturated rings. The van der Waals surface area contributed by atoms with E-state index in [1.165, 1.54) is 33.4 Å². The van der Waals surface area contributed by atoms with Crippen LogP contribution >= 0.6 is 0 Å². The van der Waals surface area contributed by atoms with Gasteiger partial charge in [0.2, 0.25) is 0 Å². The molecule has 0 saturated heterocycles.